The van der Waals surface area contributed by atoms with E-state index < -0.39 is 0 Å². The minimum absolute atomic E-state index is 0.770. The minimum atomic E-state index is 0.770. The number of rotatable bonds is 3. The highest BCUT2D eigenvalue weighted by atomic mass is 16.1. The van der Waals surface area contributed by atoms with Crippen LogP contribution in [-0.4, -0.2) is 15.8 Å². The Kier molecular flexibility index (Phi) is 2.86. The maximum Gasteiger partial charge on any atom is 0.151 e. The van der Waals surface area contributed by atoms with Crippen LogP contribution in [0.3, 0.4) is 0 Å². The monoisotopic (exact) mass is 214 g/mol. The average molecular weight is 214 g/mol. The predicted octanol–water partition coefficient (Wildman–Crippen LogP) is 2.36. The molecule has 0 aliphatic carbocycles. The van der Waals surface area contributed by atoms with E-state index in [4.69, 9.17) is 0 Å². The summed E-state index contributed by atoms with van der Waals surface area (Å²) in [6.45, 7) is 4.77. The summed E-state index contributed by atoms with van der Waals surface area (Å²) in [6, 6.07) is 5.89. The number of carbonyl (C=O) groups is 1. The lowest BCUT2D eigenvalue weighted by atomic mass is 10.2. The van der Waals surface area contributed by atoms with Crippen LogP contribution in [0.2, 0.25) is 0 Å². The second-order valence-corrected chi connectivity index (χ2v) is 3.89. The van der Waals surface area contributed by atoms with Gasteiger partial charge in [-0.1, -0.05) is 0 Å². The molecule has 82 valence electrons. The Morgan fingerprint density at radius 3 is 2.56 bits per heavy atom. The van der Waals surface area contributed by atoms with Crippen LogP contribution < -0.4 is 0 Å². The third-order valence-electron chi connectivity index (χ3n) is 2.83. The van der Waals surface area contributed by atoms with Crippen LogP contribution in [0.15, 0.2) is 30.6 Å². The van der Waals surface area contributed by atoms with Gasteiger partial charge in [0, 0.05) is 35.9 Å². The molecule has 0 saturated carbocycles. The van der Waals surface area contributed by atoms with Crippen molar-refractivity contribution < 1.29 is 4.79 Å². The van der Waals surface area contributed by atoms with E-state index in [2.05, 4.69) is 9.55 Å². The molecule has 0 aromatic carbocycles. The van der Waals surface area contributed by atoms with Crippen LogP contribution >= 0.6 is 0 Å². The van der Waals surface area contributed by atoms with Crippen molar-refractivity contribution in [1.29, 1.82) is 0 Å². The lowest BCUT2D eigenvalue weighted by Gasteiger charge is -2.09. The van der Waals surface area contributed by atoms with Gasteiger partial charge in [0.05, 0.1) is 0 Å². The van der Waals surface area contributed by atoms with Crippen molar-refractivity contribution in [3.05, 3.63) is 53.1 Å². The van der Waals surface area contributed by atoms with Gasteiger partial charge in [-0.3, -0.25) is 9.78 Å². The fourth-order valence-corrected chi connectivity index (χ4v) is 1.86. The molecule has 0 aliphatic heterocycles. The second-order valence-electron chi connectivity index (χ2n) is 3.89. The molecule has 2 aromatic rings. The van der Waals surface area contributed by atoms with Crippen molar-refractivity contribution in [2.45, 2.75) is 20.4 Å². The highest BCUT2D eigenvalue weighted by molar-refractivity contribution is 5.77. The first-order valence-electron chi connectivity index (χ1n) is 5.23. The Morgan fingerprint density at radius 1 is 1.31 bits per heavy atom. The first kappa shape index (κ1) is 10.6. The van der Waals surface area contributed by atoms with Gasteiger partial charge in [-0.2, -0.15) is 0 Å². The summed E-state index contributed by atoms with van der Waals surface area (Å²) in [7, 11) is 0. The molecule has 0 unspecified atom stereocenters. The quantitative estimate of drug-likeness (QED) is 0.735. The van der Waals surface area contributed by atoms with Crippen LogP contribution in [0.5, 0.6) is 0 Å². The molecule has 0 atom stereocenters. The number of aromatic nitrogens is 2. The zero-order valence-electron chi connectivity index (χ0n) is 9.47. The molecule has 3 heteroatoms. The molecule has 0 fully saturated rings. The topological polar surface area (TPSA) is 34.9 Å². The van der Waals surface area contributed by atoms with E-state index in [1.807, 2.05) is 32.0 Å². The third kappa shape index (κ3) is 1.89. The standard InChI is InChI=1S/C13H14N2O/c1-10-7-13(9-16)11(2)15(10)8-12-3-5-14-6-4-12/h3-7,9H,8H2,1-2H3. The summed E-state index contributed by atoms with van der Waals surface area (Å²) >= 11 is 0. The van der Waals surface area contributed by atoms with Crippen molar-refractivity contribution in [2.75, 3.05) is 0 Å². The molecule has 0 aliphatic rings. The van der Waals surface area contributed by atoms with E-state index >= 15 is 0 Å². The number of pyridine rings is 1. The Labute approximate surface area is 94.7 Å². The summed E-state index contributed by atoms with van der Waals surface area (Å²) in [4.78, 5) is 14.8. The Morgan fingerprint density at radius 2 is 2.00 bits per heavy atom. The smallest absolute Gasteiger partial charge is 0.151 e. The summed E-state index contributed by atoms with van der Waals surface area (Å²) < 4.78 is 2.14. The number of nitrogens with zero attached hydrogens (tertiary/aromatic N) is 2. The van der Waals surface area contributed by atoms with E-state index in [0.717, 1.165) is 29.8 Å². The van der Waals surface area contributed by atoms with E-state index in [9.17, 15) is 4.79 Å². The van der Waals surface area contributed by atoms with Crippen LogP contribution in [0.4, 0.5) is 0 Å². The molecule has 3 nitrogen and oxygen atoms in total. The van der Waals surface area contributed by atoms with Crippen LogP contribution in [0.25, 0.3) is 0 Å². The Hall–Kier alpha value is -1.90. The van der Waals surface area contributed by atoms with Crippen molar-refractivity contribution >= 4 is 6.29 Å². The van der Waals surface area contributed by atoms with Gasteiger partial charge in [0.2, 0.25) is 0 Å². The predicted molar refractivity (Wildman–Crippen MR) is 62.6 cm³/mol. The molecule has 2 heterocycles. The zero-order chi connectivity index (χ0) is 11.5. The molecular formula is C13H14N2O. The first-order valence-corrected chi connectivity index (χ1v) is 5.23. The molecular weight excluding hydrogens is 200 g/mol. The number of hydrogen-bond acceptors (Lipinski definition) is 2. The van der Waals surface area contributed by atoms with Crippen LogP contribution in [0.1, 0.15) is 27.3 Å². The van der Waals surface area contributed by atoms with Crippen molar-refractivity contribution in [3.63, 3.8) is 0 Å². The molecule has 0 amide bonds. The van der Waals surface area contributed by atoms with Gasteiger partial charge in [0.1, 0.15) is 0 Å². The second kappa shape index (κ2) is 4.31. The number of carbonyl (C=O) groups excluding carboxylic acids is 1. The summed E-state index contributed by atoms with van der Waals surface area (Å²) in [5.41, 5.74) is 4.08. The number of hydrogen-bond donors (Lipinski definition) is 0. The summed E-state index contributed by atoms with van der Waals surface area (Å²) in [6.07, 6.45) is 4.47. The zero-order valence-corrected chi connectivity index (χ0v) is 9.47. The molecule has 0 saturated heterocycles. The van der Waals surface area contributed by atoms with Crippen molar-refractivity contribution in [1.82, 2.24) is 9.55 Å². The van der Waals surface area contributed by atoms with Crippen molar-refractivity contribution in [3.8, 4) is 0 Å². The minimum Gasteiger partial charge on any atom is -0.344 e. The molecule has 0 spiro atoms. The highest BCUT2D eigenvalue weighted by Crippen LogP contribution is 2.15. The number of aryl methyl sites for hydroxylation is 1. The van der Waals surface area contributed by atoms with Gasteiger partial charge in [-0.25, -0.2) is 0 Å². The van der Waals surface area contributed by atoms with Crippen LogP contribution in [-0.2, 0) is 6.54 Å². The molecule has 2 aromatic heterocycles. The first-order chi connectivity index (χ1) is 7.72. The van der Waals surface area contributed by atoms with E-state index in [1.165, 1.54) is 5.56 Å². The summed E-state index contributed by atoms with van der Waals surface area (Å²) in [5, 5.41) is 0. The maximum absolute atomic E-state index is 10.8. The van der Waals surface area contributed by atoms with Gasteiger partial charge in [-0.15, -0.1) is 0 Å². The fourth-order valence-electron chi connectivity index (χ4n) is 1.86. The van der Waals surface area contributed by atoms with E-state index in [0.29, 0.717) is 0 Å². The Bertz CT molecular complexity index is 500. The van der Waals surface area contributed by atoms with Gasteiger partial charge in [0.15, 0.2) is 6.29 Å². The lowest BCUT2D eigenvalue weighted by molar-refractivity contribution is 0.112. The third-order valence-corrected chi connectivity index (χ3v) is 2.83. The number of aldehydes is 1. The fraction of sp³-hybridized carbons (Fsp3) is 0.231. The lowest BCUT2D eigenvalue weighted by Crippen LogP contribution is -2.04. The normalized spacial score (nSPS) is 10.4. The largest absolute Gasteiger partial charge is 0.344 e. The van der Waals surface area contributed by atoms with Crippen LogP contribution in [0, 0.1) is 13.8 Å². The van der Waals surface area contributed by atoms with Gasteiger partial charge >= 0.3 is 0 Å². The van der Waals surface area contributed by atoms with E-state index in [-0.39, 0.29) is 0 Å². The van der Waals surface area contributed by atoms with Gasteiger partial charge in [0.25, 0.3) is 0 Å². The average Bonchev–Trinajstić information content (AvgIpc) is 2.58. The molecule has 0 N–H and O–H groups in total. The maximum atomic E-state index is 10.8. The van der Waals surface area contributed by atoms with E-state index in [1.54, 1.807) is 12.4 Å². The SMILES string of the molecule is Cc1cc(C=O)c(C)n1Cc1ccncc1. The van der Waals surface area contributed by atoms with Gasteiger partial charge in [-0.05, 0) is 37.6 Å². The molecule has 16 heavy (non-hydrogen) atoms. The molecule has 0 radical (unpaired) electrons. The highest BCUT2D eigenvalue weighted by Gasteiger charge is 2.08. The van der Waals surface area contributed by atoms with Gasteiger partial charge < -0.3 is 4.57 Å². The Balaban J connectivity index is 2.35. The molecule has 0 bridgehead atoms. The molecule has 2 rings (SSSR count). The summed E-state index contributed by atoms with van der Waals surface area (Å²) in [5.74, 6) is 0. The van der Waals surface area contributed by atoms with Crippen molar-refractivity contribution in [2.24, 2.45) is 0 Å².